The lowest BCUT2D eigenvalue weighted by Crippen LogP contribution is -1.98. The monoisotopic (exact) mass is 321 g/mol. The first kappa shape index (κ1) is 12.3. The van der Waals surface area contributed by atoms with Gasteiger partial charge in [-0.05, 0) is 46.6 Å². The molecular weight excluding hydrogens is 310 g/mol. The highest BCUT2D eigenvalue weighted by molar-refractivity contribution is 9.10. The number of halogens is 1. The molecule has 2 heterocycles. The standard InChI is InChI=1S/C14H12BrNO3/c1-9-11(15)3-5-14(16-9)17-7-10-2-4-12-13(6-10)19-8-18-12/h2-6H,7-8H2,1H3. The van der Waals surface area contributed by atoms with Crippen LogP contribution in [0.25, 0.3) is 0 Å². The molecule has 0 saturated heterocycles. The molecule has 1 aromatic heterocycles. The summed E-state index contributed by atoms with van der Waals surface area (Å²) in [5.41, 5.74) is 1.93. The molecule has 0 aliphatic carbocycles. The Morgan fingerprint density at radius 2 is 2.05 bits per heavy atom. The van der Waals surface area contributed by atoms with Crippen LogP contribution in [-0.4, -0.2) is 11.8 Å². The SMILES string of the molecule is Cc1nc(OCc2ccc3c(c2)OCO3)ccc1Br. The van der Waals surface area contributed by atoms with Gasteiger partial charge < -0.3 is 14.2 Å². The first-order valence-electron chi connectivity index (χ1n) is 5.87. The van der Waals surface area contributed by atoms with Crippen molar-refractivity contribution in [2.24, 2.45) is 0 Å². The maximum Gasteiger partial charge on any atom is 0.231 e. The Labute approximate surface area is 119 Å². The van der Waals surface area contributed by atoms with E-state index in [-0.39, 0.29) is 6.79 Å². The van der Waals surface area contributed by atoms with Gasteiger partial charge in [-0.25, -0.2) is 4.98 Å². The highest BCUT2D eigenvalue weighted by atomic mass is 79.9. The predicted molar refractivity (Wildman–Crippen MR) is 73.6 cm³/mol. The fourth-order valence-corrected chi connectivity index (χ4v) is 2.01. The first-order valence-corrected chi connectivity index (χ1v) is 6.66. The third kappa shape index (κ3) is 2.66. The van der Waals surface area contributed by atoms with Gasteiger partial charge in [-0.3, -0.25) is 0 Å². The molecule has 1 aromatic carbocycles. The summed E-state index contributed by atoms with van der Waals surface area (Å²) in [5, 5.41) is 0. The maximum absolute atomic E-state index is 5.66. The molecule has 0 amide bonds. The lowest BCUT2D eigenvalue weighted by molar-refractivity contribution is 0.174. The highest BCUT2D eigenvalue weighted by Gasteiger charge is 2.13. The van der Waals surface area contributed by atoms with Gasteiger partial charge in [0.15, 0.2) is 11.5 Å². The number of ether oxygens (including phenoxy) is 3. The van der Waals surface area contributed by atoms with Gasteiger partial charge in [0.05, 0.1) is 5.69 Å². The van der Waals surface area contributed by atoms with Crippen LogP contribution in [0.5, 0.6) is 17.4 Å². The first-order chi connectivity index (χ1) is 9.22. The summed E-state index contributed by atoms with van der Waals surface area (Å²) in [7, 11) is 0. The highest BCUT2D eigenvalue weighted by Crippen LogP contribution is 2.32. The normalized spacial score (nSPS) is 12.5. The largest absolute Gasteiger partial charge is 0.473 e. The van der Waals surface area contributed by atoms with E-state index >= 15 is 0 Å². The molecule has 3 rings (SSSR count). The molecule has 4 nitrogen and oxygen atoms in total. The van der Waals surface area contributed by atoms with Gasteiger partial charge in [-0.15, -0.1) is 0 Å². The molecule has 0 bridgehead atoms. The van der Waals surface area contributed by atoms with Crippen molar-refractivity contribution in [3.8, 4) is 17.4 Å². The Bertz CT molecular complexity index is 616. The van der Waals surface area contributed by atoms with Crippen LogP contribution in [0, 0.1) is 6.92 Å². The fourth-order valence-electron chi connectivity index (χ4n) is 1.79. The lowest BCUT2D eigenvalue weighted by atomic mass is 10.2. The quantitative estimate of drug-likeness (QED) is 0.868. The second-order valence-electron chi connectivity index (χ2n) is 4.19. The van der Waals surface area contributed by atoms with Gasteiger partial charge in [0.25, 0.3) is 0 Å². The number of aryl methyl sites for hydroxylation is 1. The number of fused-ring (bicyclic) bond motifs is 1. The Kier molecular flexibility index (Phi) is 3.29. The molecule has 0 saturated carbocycles. The third-order valence-electron chi connectivity index (χ3n) is 2.82. The number of hydrogen-bond donors (Lipinski definition) is 0. The van der Waals surface area contributed by atoms with E-state index in [9.17, 15) is 0 Å². The second-order valence-corrected chi connectivity index (χ2v) is 5.05. The number of rotatable bonds is 3. The summed E-state index contributed by atoms with van der Waals surface area (Å²) in [6, 6.07) is 9.54. The van der Waals surface area contributed by atoms with Crippen molar-refractivity contribution in [1.29, 1.82) is 0 Å². The van der Waals surface area contributed by atoms with Gasteiger partial charge >= 0.3 is 0 Å². The predicted octanol–water partition coefficient (Wildman–Crippen LogP) is 3.46. The van der Waals surface area contributed by atoms with Crippen LogP contribution in [0.3, 0.4) is 0 Å². The van der Waals surface area contributed by atoms with Gasteiger partial charge in [-0.2, -0.15) is 0 Å². The Morgan fingerprint density at radius 1 is 1.21 bits per heavy atom. The van der Waals surface area contributed by atoms with Crippen molar-refractivity contribution in [2.75, 3.05) is 6.79 Å². The maximum atomic E-state index is 5.66. The zero-order chi connectivity index (χ0) is 13.2. The molecule has 19 heavy (non-hydrogen) atoms. The average Bonchev–Trinajstić information content (AvgIpc) is 2.87. The number of hydrogen-bond acceptors (Lipinski definition) is 4. The van der Waals surface area contributed by atoms with Crippen LogP contribution in [0.2, 0.25) is 0 Å². The van der Waals surface area contributed by atoms with E-state index < -0.39 is 0 Å². The van der Waals surface area contributed by atoms with Gasteiger partial charge in [0, 0.05) is 10.5 Å². The van der Waals surface area contributed by atoms with E-state index in [2.05, 4.69) is 20.9 Å². The van der Waals surface area contributed by atoms with Crippen molar-refractivity contribution >= 4 is 15.9 Å². The summed E-state index contributed by atoms with van der Waals surface area (Å²) in [6.07, 6.45) is 0. The van der Waals surface area contributed by atoms with Crippen LogP contribution < -0.4 is 14.2 Å². The summed E-state index contributed by atoms with van der Waals surface area (Å²) in [5.74, 6) is 2.15. The van der Waals surface area contributed by atoms with E-state index in [0.717, 1.165) is 27.2 Å². The molecule has 0 N–H and O–H groups in total. The minimum atomic E-state index is 0.285. The molecule has 5 heteroatoms. The average molecular weight is 322 g/mol. The Morgan fingerprint density at radius 3 is 2.89 bits per heavy atom. The van der Waals surface area contributed by atoms with Crippen molar-refractivity contribution in [3.63, 3.8) is 0 Å². The van der Waals surface area contributed by atoms with Crippen LogP contribution in [-0.2, 0) is 6.61 Å². The molecule has 0 radical (unpaired) electrons. The van der Waals surface area contributed by atoms with E-state index in [1.807, 2.05) is 37.3 Å². The molecule has 0 atom stereocenters. The van der Waals surface area contributed by atoms with Crippen molar-refractivity contribution in [1.82, 2.24) is 4.98 Å². The summed E-state index contributed by atoms with van der Waals surface area (Å²) in [6.45, 7) is 2.66. The Hall–Kier alpha value is -1.75. The van der Waals surface area contributed by atoms with Crippen LogP contribution in [0.4, 0.5) is 0 Å². The summed E-state index contributed by atoms with van der Waals surface area (Å²) >= 11 is 3.41. The van der Waals surface area contributed by atoms with Crippen molar-refractivity contribution in [2.45, 2.75) is 13.5 Å². The van der Waals surface area contributed by atoms with E-state index in [0.29, 0.717) is 12.5 Å². The number of pyridine rings is 1. The third-order valence-corrected chi connectivity index (χ3v) is 3.66. The van der Waals surface area contributed by atoms with E-state index in [1.165, 1.54) is 0 Å². The van der Waals surface area contributed by atoms with Crippen molar-refractivity contribution in [3.05, 3.63) is 46.1 Å². The minimum absolute atomic E-state index is 0.285. The molecule has 1 aliphatic rings. The van der Waals surface area contributed by atoms with Crippen molar-refractivity contribution < 1.29 is 14.2 Å². The lowest BCUT2D eigenvalue weighted by Gasteiger charge is -2.07. The molecule has 0 fully saturated rings. The molecule has 98 valence electrons. The van der Waals surface area contributed by atoms with Gasteiger partial charge in [0.2, 0.25) is 12.7 Å². The van der Waals surface area contributed by atoms with E-state index in [1.54, 1.807) is 0 Å². The smallest absolute Gasteiger partial charge is 0.231 e. The molecule has 2 aromatic rings. The van der Waals surface area contributed by atoms with Crippen LogP contribution in [0.1, 0.15) is 11.3 Å². The molecule has 0 unspecified atom stereocenters. The van der Waals surface area contributed by atoms with Gasteiger partial charge in [-0.1, -0.05) is 6.07 Å². The molecule has 1 aliphatic heterocycles. The topological polar surface area (TPSA) is 40.6 Å². The van der Waals surface area contributed by atoms with E-state index in [4.69, 9.17) is 14.2 Å². The molecule has 0 spiro atoms. The minimum Gasteiger partial charge on any atom is -0.473 e. The number of nitrogens with zero attached hydrogens (tertiary/aromatic N) is 1. The Balaban J connectivity index is 1.70. The van der Waals surface area contributed by atoms with Crippen LogP contribution in [0.15, 0.2) is 34.8 Å². The number of aromatic nitrogens is 1. The number of benzene rings is 1. The zero-order valence-corrected chi connectivity index (χ0v) is 11.9. The summed E-state index contributed by atoms with van der Waals surface area (Å²) < 4.78 is 17.2. The van der Waals surface area contributed by atoms with Crippen LogP contribution >= 0.6 is 15.9 Å². The summed E-state index contributed by atoms with van der Waals surface area (Å²) in [4.78, 5) is 4.34. The molecular formula is C14H12BrNO3. The fraction of sp³-hybridized carbons (Fsp3) is 0.214. The second kappa shape index (κ2) is 5.09. The van der Waals surface area contributed by atoms with Gasteiger partial charge in [0.1, 0.15) is 6.61 Å². The zero-order valence-electron chi connectivity index (χ0n) is 10.4.